The lowest BCUT2D eigenvalue weighted by molar-refractivity contribution is -0.307. The standard InChI is InChI=1S/C23H38O5/c1-20-8-6-15(24)12-14(20)4-5-16-17-7-9-23(26,22(3)27-10-11-28-22)21(17,2)13-18(25)19(16)20/h14-19,24-26H,4-13H2,1-3H3. The maximum Gasteiger partial charge on any atom is 0.195 e. The van der Waals surface area contributed by atoms with Crippen LogP contribution >= 0.6 is 0 Å². The molecule has 1 aliphatic heterocycles. The Morgan fingerprint density at radius 2 is 1.61 bits per heavy atom. The maximum atomic E-state index is 11.9. The smallest absolute Gasteiger partial charge is 0.195 e. The van der Waals surface area contributed by atoms with Crippen LogP contribution in [0.5, 0.6) is 0 Å². The highest BCUT2D eigenvalue weighted by Crippen LogP contribution is 2.70. The van der Waals surface area contributed by atoms with Gasteiger partial charge in [-0.3, -0.25) is 0 Å². The van der Waals surface area contributed by atoms with E-state index in [1.807, 2.05) is 6.92 Å². The molecule has 3 N–H and O–H groups in total. The predicted octanol–water partition coefficient (Wildman–Crippen LogP) is 2.85. The molecule has 0 radical (unpaired) electrons. The molecule has 5 nitrogen and oxygen atoms in total. The minimum atomic E-state index is -1.06. The third-order valence-electron chi connectivity index (χ3n) is 10.3. The van der Waals surface area contributed by atoms with Crippen LogP contribution in [0.15, 0.2) is 0 Å². The first-order valence-electron chi connectivity index (χ1n) is 11.5. The minimum Gasteiger partial charge on any atom is -0.393 e. The first-order valence-corrected chi connectivity index (χ1v) is 11.5. The van der Waals surface area contributed by atoms with Gasteiger partial charge >= 0.3 is 0 Å². The van der Waals surface area contributed by atoms with Gasteiger partial charge in [0.25, 0.3) is 0 Å². The lowest BCUT2D eigenvalue weighted by atomic mass is 9.43. The summed E-state index contributed by atoms with van der Waals surface area (Å²) >= 11 is 0. The highest BCUT2D eigenvalue weighted by molar-refractivity contribution is 5.19. The molecule has 0 aromatic rings. The van der Waals surface area contributed by atoms with E-state index in [1.165, 1.54) is 0 Å². The zero-order valence-corrected chi connectivity index (χ0v) is 17.7. The summed E-state index contributed by atoms with van der Waals surface area (Å²) in [5.74, 6) is 0.636. The number of aliphatic hydroxyl groups excluding tert-OH is 2. The van der Waals surface area contributed by atoms with Crippen molar-refractivity contribution >= 4 is 0 Å². The second-order valence-electron chi connectivity index (χ2n) is 11.2. The van der Waals surface area contributed by atoms with E-state index in [4.69, 9.17) is 9.47 Å². The molecule has 0 spiro atoms. The van der Waals surface area contributed by atoms with Crippen LogP contribution in [-0.4, -0.2) is 52.1 Å². The van der Waals surface area contributed by atoms with E-state index in [2.05, 4.69) is 13.8 Å². The minimum absolute atomic E-state index is 0.105. The molecule has 160 valence electrons. The molecule has 5 aliphatic rings. The van der Waals surface area contributed by atoms with Crippen LogP contribution < -0.4 is 0 Å². The Hall–Kier alpha value is -0.200. The zero-order valence-electron chi connectivity index (χ0n) is 17.7. The molecular formula is C23H38O5. The topological polar surface area (TPSA) is 79.2 Å². The lowest BCUT2D eigenvalue weighted by Crippen LogP contribution is -2.66. The molecule has 1 heterocycles. The molecule has 5 rings (SSSR count). The van der Waals surface area contributed by atoms with Gasteiger partial charge in [0.15, 0.2) is 5.79 Å². The summed E-state index contributed by atoms with van der Waals surface area (Å²) in [5.41, 5.74) is -1.36. The second kappa shape index (κ2) is 6.16. The summed E-state index contributed by atoms with van der Waals surface area (Å²) in [6, 6.07) is 0. The highest BCUT2D eigenvalue weighted by Gasteiger charge is 2.72. The molecular weight excluding hydrogens is 356 g/mol. The molecule has 5 heteroatoms. The van der Waals surface area contributed by atoms with Crippen LogP contribution in [0.1, 0.15) is 72.1 Å². The lowest BCUT2D eigenvalue weighted by Gasteiger charge is -2.63. The third-order valence-corrected chi connectivity index (χ3v) is 10.3. The van der Waals surface area contributed by atoms with Crippen LogP contribution in [0.4, 0.5) is 0 Å². The van der Waals surface area contributed by atoms with E-state index < -0.39 is 22.9 Å². The van der Waals surface area contributed by atoms with Crippen LogP contribution in [0.25, 0.3) is 0 Å². The average Bonchev–Trinajstić information content (AvgIpc) is 3.19. The molecule has 9 atom stereocenters. The summed E-state index contributed by atoms with van der Waals surface area (Å²) in [6.45, 7) is 7.50. The van der Waals surface area contributed by atoms with Crippen molar-refractivity contribution in [3.8, 4) is 0 Å². The van der Waals surface area contributed by atoms with E-state index in [0.717, 1.165) is 38.5 Å². The fourth-order valence-electron chi connectivity index (χ4n) is 8.86. The van der Waals surface area contributed by atoms with E-state index in [1.54, 1.807) is 0 Å². The summed E-state index contributed by atoms with van der Waals surface area (Å²) in [7, 11) is 0. The maximum absolute atomic E-state index is 11.9. The van der Waals surface area contributed by atoms with Crippen molar-refractivity contribution in [3.63, 3.8) is 0 Å². The molecule has 0 aromatic carbocycles. The van der Waals surface area contributed by atoms with Crippen molar-refractivity contribution in [3.05, 3.63) is 0 Å². The number of aliphatic hydroxyl groups is 3. The largest absolute Gasteiger partial charge is 0.393 e. The van der Waals surface area contributed by atoms with Gasteiger partial charge in [-0.2, -0.15) is 0 Å². The molecule has 0 bridgehead atoms. The zero-order chi connectivity index (χ0) is 19.9. The Kier molecular flexibility index (Phi) is 4.35. The van der Waals surface area contributed by atoms with Gasteiger partial charge in [-0.15, -0.1) is 0 Å². The van der Waals surface area contributed by atoms with Crippen molar-refractivity contribution in [1.29, 1.82) is 0 Å². The molecule has 1 saturated heterocycles. The van der Waals surface area contributed by atoms with Crippen LogP contribution in [0.2, 0.25) is 0 Å². The number of ether oxygens (including phenoxy) is 2. The molecule has 4 aliphatic carbocycles. The van der Waals surface area contributed by atoms with Crippen molar-refractivity contribution in [2.45, 2.75) is 95.7 Å². The summed E-state index contributed by atoms with van der Waals surface area (Å²) in [6.07, 6.45) is 6.67. The summed E-state index contributed by atoms with van der Waals surface area (Å²) < 4.78 is 11.9. The van der Waals surface area contributed by atoms with Crippen LogP contribution in [0.3, 0.4) is 0 Å². The Morgan fingerprint density at radius 3 is 2.32 bits per heavy atom. The number of fused-ring (bicyclic) bond motifs is 5. The summed E-state index contributed by atoms with van der Waals surface area (Å²) in [4.78, 5) is 0. The van der Waals surface area contributed by atoms with Crippen molar-refractivity contribution < 1.29 is 24.8 Å². The predicted molar refractivity (Wildman–Crippen MR) is 104 cm³/mol. The average molecular weight is 395 g/mol. The number of rotatable bonds is 1. The van der Waals surface area contributed by atoms with Gasteiger partial charge in [0, 0.05) is 5.41 Å². The molecule has 0 aromatic heterocycles. The normalized spacial score (nSPS) is 58.1. The van der Waals surface area contributed by atoms with Crippen molar-refractivity contribution in [2.24, 2.45) is 34.5 Å². The number of hydrogen-bond acceptors (Lipinski definition) is 5. The van der Waals surface area contributed by atoms with Crippen molar-refractivity contribution in [2.75, 3.05) is 13.2 Å². The second-order valence-corrected chi connectivity index (χ2v) is 11.2. The van der Waals surface area contributed by atoms with Gasteiger partial charge < -0.3 is 24.8 Å². The van der Waals surface area contributed by atoms with Gasteiger partial charge in [-0.1, -0.05) is 13.8 Å². The first-order chi connectivity index (χ1) is 13.1. The molecule has 5 fully saturated rings. The van der Waals surface area contributed by atoms with Crippen LogP contribution in [-0.2, 0) is 9.47 Å². The van der Waals surface area contributed by atoms with Crippen molar-refractivity contribution in [1.82, 2.24) is 0 Å². The van der Waals surface area contributed by atoms with E-state index in [9.17, 15) is 15.3 Å². The fourth-order valence-corrected chi connectivity index (χ4v) is 8.86. The molecule has 9 unspecified atom stereocenters. The van der Waals surface area contributed by atoms with Gasteiger partial charge in [-0.05, 0) is 87.4 Å². The van der Waals surface area contributed by atoms with E-state index in [-0.39, 0.29) is 17.4 Å². The highest BCUT2D eigenvalue weighted by atomic mass is 16.7. The van der Waals surface area contributed by atoms with Crippen LogP contribution in [0, 0.1) is 34.5 Å². The fraction of sp³-hybridized carbons (Fsp3) is 1.00. The Morgan fingerprint density at radius 1 is 0.893 bits per heavy atom. The van der Waals surface area contributed by atoms with Gasteiger partial charge in [-0.25, -0.2) is 0 Å². The van der Waals surface area contributed by atoms with Gasteiger partial charge in [0.05, 0.1) is 25.4 Å². The molecule has 0 amide bonds. The Balaban J connectivity index is 1.50. The molecule has 28 heavy (non-hydrogen) atoms. The summed E-state index contributed by atoms with van der Waals surface area (Å²) in [5, 5.41) is 33.7. The van der Waals surface area contributed by atoms with Gasteiger partial charge in [0.1, 0.15) is 5.60 Å². The quantitative estimate of drug-likeness (QED) is 0.637. The van der Waals surface area contributed by atoms with E-state index >= 15 is 0 Å². The molecule has 4 saturated carbocycles. The Labute approximate surface area is 168 Å². The number of hydrogen-bond donors (Lipinski definition) is 3. The first kappa shape index (κ1) is 19.7. The van der Waals surface area contributed by atoms with E-state index in [0.29, 0.717) is 43.8 Å². The third kappa shape index (κ3) is 2.31. The SMILES string of the molecule is CC12CCC(O)CC1CCC1C2C(O)CC2(C)C1CCC2(O)C1(C)OCCO1. The van der Waals surface area contributed by atoms with Gasteiger partial charge in [0.2, 0.25) is 0 Å². The monoisotopic (exact) mass is 394 g/mol. The Bertz CT molecular complexity index is 632.